The molecule has 0 bridgehead atoms. The molecule has 7 nitrogen and oxygen atoms in total. The minimum absolute atomic E-state index is 0.0214. The van der Waals surface area contributed by atoms with Crippen LogP contribution in [0.4, 0.5) is 5.69 Å². The lowest BCUT2D eigenvalue weighted by Crippen LogP contribution is -2.13. The number of anilines is 1. The van der Waals surface area contributed by atoms with Crippen LogP contribution in [-0.4, -0.2) is 27.6 Å². The molecule has 1 aromatic heterocycles. The molecule has 0 atom stereocenters. The van der Waals surface area contributed by atoms with Crippen molar-refractivity contribution in [3.8, 4) is 11.3 Å². The quantitative estimate of drug-likeness (QED) is 0.691. The number of nitrogens with zero attached hydrogens (tertiary/aromatic N) is 1. The van der Waals surface area contributed by atoms with Gasteiger partial charge >= 0.3 is 0 Å². The monoisotopic (exact) mass is 392 g/mol. The van der Waals surface area contributed by atoms with Crippen LogP contribution in [0.2, 0.25) is 0 Å². The summed E-state index contributed by atoms with van der Waals surface area (Å²) in [6, 6.07) is 11.7. The van der Waals surface area contributed by atoms with E-state index in [2.05, 4.69) is 9.71 Å². The molecule has 1 heterocycles. The van der Waals surface area contributed by atoms with Gasteiger partial charge in [-0.15, -0.1) is 0 Å². The third-order valence-corrected chi connectivity index (χ3v) is 6.87. The summed E-state index contributed by atoms with van der Waals surface area (Å²) in [5, 5.41) is 0. The van der Waals surface area contributed by atoms with E-state index >= 15 is 0 Å². The van der Waals surface area contributed by atoms with E-state index in [1.165, 1.54) is 37.6 Å². The van der Waals surface area contributed by atoms with Gasteiger partial charge in [0.25, 0.3) is 10.0 Å². The zero-order valence-electron chi connectivity index (χ0n) is 13.8. The fourth-order valence-electron chi connectivity index (χ4n) is 2.27. The first-order valence-electron chi connectivity index (χ1n) is 7.66. The summed E-state index contributed by atoms with van der Waals surface area (Å²) >= 11 is 0. The summed E-state index contributed by atoms with van der Waals surface area (Å²) in [5.74, 6) is 0.529. The Morgan fingerprint density at radius 3 is 2.08 bits per heavy atom. The minimum Gasteiger partial charge on any atom is -0.444 e. The van der Waals surface area contributed by atoms with Crippen LogP contribution in [0.3, 0.4) is 0 Å². The first-order chi connectivity index (χ1) is 12.3. The summed E-state index contributed by atoms with van der Waals surface area (Å²) in [6.07, 6.45) is 2.87. The highest BCUT2D eigenvalue weighted by atomic mass is 32.2. The van der Waals surface area contributed by atoms with Crippen LogP contribution in [0, 0.1) is 0 Å². The van der Waals surface area contributed by atoms with E-state index in [1.807, 2.05) is 0 Å². The van der Waals surface area contributed by atoms with Gasteiger partial charge in [-0.1, -0.05) is 6.92 Å². The molecule has 26 heavy (non-hydrogen) atoms. The van der Waals surface area contributed by atoms with Crippen molar-refractivity contribution < 1.29 is 21.3 Å². The second kappa shape index (κ2) is 6.93. The lowest BCUT2D eigenvalue weighted by atomic mass is 10.2. The van der Waals surface area contributed by atoms with Crippen LogP contribution in [-0.2, 0) is 19.9 Å². The molecule has 3 rings (SSSR count). The molecule has 0 unspecified atom stereocenters. The fraction of sp³-hybridized carbons (Fsp3) is 0.118. The highest BCUT2D eigenvalue weighted by Crippen LogP contribution is 2.23. The SMILES string of the molecule is CCS(=O)(=O)c1ccc(S(=O)(=O)Nc2ccc(-c3cnco3)cc2)cc1. The Hall–Kier alpha value is -2.65. The number of nitrogens with one attached hydrogen (secondary N) is 1. The fourth-order valence-corrected chi connectivity index (χ4v) is 4.21. The zero-order valence-corrected chi connectivity index (χ0v) is 15.4. The Morgan fingerprint density at radius 1 is 0.923 bits per heavy atom. The van der Waals surface area contributed by atoms with Crippen molar-refractivity contribution >= 4 is 25.5 Å². The molecule has 2 aromatic carbocycles. The van der Waals surface area contributed by atoms with Gasteiger partial charge in [0, 0.05) is 11.3 Å². The van der Waals surface area contributed by atoms with E-state index in [1.54, 1.807) is 30.5 Å². The summed E-state index contributed by atoms with van der Waals surface area (Å²) < 4.78 is 56.2. The van der Waals surface area contributed by atoms with E-state index in [0.29, 0.717) is 11.4 Å². The van der Waals surface area contributed by atoms with Crippen molar-refractivity contribution in [2.24, 2.45) is 0 Å². The van der Waals surface area contributed by atoms with Gasteiger partial charge in [0.2, 0.25) is 0 Å². The molecule has 0 radical (unpaired) electrons. The first-order valence-corrected chi connectivity index (χ1v) is 10.8. The van der Waals surface area contributed by atoms with E-state index in [9.17, 15) is 16.8 Å². The second-order valence-electron chi connectivity index (χ2n) is 5.42. The largest absolute Gasteiger partial charge is 0.444 e. The predicted molar refractivity (Wildman–Crippen MR) is 96.9 cm³/mol. The molecule has 1 N–H and O–H groups in total. The number of sulfone groups is 1. The van der Waals surface area contributed by atoms with E-state index in [0.717, 1.165) is 5.56 Å². The molecule has 0 aliphatic carbocycles. The Kier molecular flexibility index (Phi) is 4.84. The second-order valence-corrected chi connectivity index (χ2v) is 9.38. The number of hydrogen-bond donors (Lipinski definition) is 1. The molecule has 0 saturated heterocycles. The molecule has 3 aromatic rings. The van der Waals surface area contributed by atoms with Gasteiger partial charge in [-0.3, -0.25) is 4.72 Å². The van der Waals surface area contributed by atoms with E-state index < -0.39 is 19.9 Å². The lowest BCUT2D eigenvalue weighted by molar-refractivity contribution is 0.572. The summed E-state index contributed by atoms with van der Waals surface area (Å²) in [6.45, 7) is 1.53. The van der Waals surface area contributed by atoms with Crippen LogP contribution in [0.15, 0.2) is 75.3 Å². The molecular formula is C17H16N2O5S2. The average molecular weight is 392 g/mol. The van der Waals surface area contributed by atoms with Gasteiger partial charge < -0.3 is 4.42 Å². The topological polar surface area (TPSA) is 106 Å². The van der Waals surface area contributed by atoms with E-state index in [4.69, 9.17) is 4.42 Å². The highest BCUT2D eigenvalue weighted by Gasteiger charge is 2.17. The molecular weight excluding hydrogens is 376 g/mol. The Labute approximate surface area is 151 Å². The number of hydrogen-bond acceptors (Lipinski definition) is 6. The zero-order chi connectivity index (χ0) is 18.8. The van der Waals surface area contributed by atoms with Crippen LogP contribution in [0.1, 0.15) is 6.92 Å². The molecule has 0 aliphatic rings. The smallest absolute Gasteiger partial charge is 0.261 e. The van der Waals surface area contributed by atoms with Crippen LogP contribution in [0.25, 0.3) is 11.3 Å². The summed E-state index contributed by atoms with van der Waals surface area (Å²) in [5.41, 5.74) is 1.14. The maximum absolute atomic E-state index is 12.5. The van der Waals surface area contributed by atoms with Gasteiger partial charge in [-0.2, -0.15) is 0 Å². The van der Waals surface area contributed by atoms with Crippen molar-refractivity contribution in [1.29, 1.82) is 0 Å². The third kappa shape index (κ3) is 3.78. The van der Waals surface area contributed by atoms with Gasteiger partial charge in [0.05, 0.1) is 21.7 Å². The van der Waals surface area contributed by atoms with Crippen molar-refractivity contribution in [2.45, 2.75) is 16.7 Å². The summed E-state index contributed by atoms with van der Waals surface area (Å²) in [7, 11) is -7.20. The third-order valence-electron chi connectivity index (χ3n) is 3.73. The van der Waals surface area contributed by atoms with E-state index in [-0.39, 0.29) is 15.5 Å². The van der Waals surface area contributed by atoms with Crippen molar-refractivity contribution in [3.05, 3.63) is 61.1 Å². The minimum atomic E-state index is -3.83. The normalized spacial score (nSPS) is 12.0. The van der Waals surface area contributed by atoms with Gasteiger partial charge in [-0.05, 0) is 48.5 Å². The van der Waals surface area contributed by atoms with Crippen LogP contribution >= 0.6 is 0 Å². The molecule has 0 fully saturated rings. The van der Waals surface area contributed by atoms with Gasteiger partial charge in [-0.25, -0.2) is 21.8 Å². The Bertz CT molecular complexity index is 1090. The van der Waals surface area contributed by atoms with Crippen molar-refractivity contribution in [3.63, 3.8) is 0 Å². The lowest BCUT2D eigenvalue weighted by Gasteiger charge is -2.09. The molecule has 0 aliphatic heterocycles. The maximum atomic E-state index is 12.5. The summed E-state index contributed by atoms with van der Waals surface area (Å²) in [4.78, 5) is 3.90. The number of aromatic nitrogens is 1. The highest BCUT2D eigenvalue weighted by molar-refractivity contribution is 7.92. The number of oxazole rings is 1. The van der Waals surface area contributed by atoms with Crippen LogP contribution < -0.4 is 4.72 Å². The molecule has 0 saturated carbocycles. The van der Waals surface area contributed by atoms with Gasteiger partial charge in [0.15, 0.2) is 22.0 Å². The number of rotatable bonds is 6. The molecule has 0 spiro atoms. The molecule has 9 heteroatoms. The standard InChI is InChI=1S/C17H16N2O5S2/c1-2-25(20,21)15-7-9-16(10-8-15)26(22,23)19-14-5-3-13(4-6-14)17-11-18-12-24-17/h3-12,19H,2H2,1H3. The molecule has 0 amide bonds. The number of benzene rings is 2. The Morgan fingerprint density at radius 2 is 1.54 bits per heavy atom. The van der Waals surface area contributed by atoms with Crippen molar-refractivity contribution in [2.75, 3.05) is 10.5 Å². The predicted octanol–water partition coefficient (Wildman–Crippen LogP) is 2.94. The average Bonchev–Trinajstić information content (AvgIpc) is 3.17. The van der Waals surface area contributed by atoms with Crippen molar-refractivity contribution in [1.82, 2.24) is 4.98 Å². The molecule has 136 valence electrons. The van der Waals surface area contributed by atoms with Crippen LogP contribution in [0.5, 0.6) is 0 Å². The Balaban J connectivity index is 1.80. The number of sulfonamides is 1. The maximum Gasteiger partial charge on any atom is 0.261 e. The first kappa shape index (κ1) is 18.2. The van der Waals surface area contributed by atoms with Gasteiger partial charge in [0.1, 0.15) is 0 Å².